The topological polar surface area (TPSA) is 17.1 Å². The molecule has 0 aromatic heterocycles. The van der Waals surface area contributed by atoms with Crippen LogP contribution < -0.4 is 0 Å². The zero-order chi connectivity index (χ0) is 9.40. The van der Waals surface area contributed by atoms with Crippen LogP contribution in [0.2, 0.25) is 0 Å². The number of hydrogen-bond donors (Lipinski definition) is 2. The van der Waals surface area contributed by atoms with Gasteiger partial charge in [-0.2, -0.15) is 0 Å². The van der Waals surface area contributed by atoms with Crippen molar-refractivity contribution in [3.63, 3.8) is 0 Å². The van der Waals surface area contributed by atoms with E-state index >= 15 is 0 Å². The second kappa shape index (κ2) is 8.95. The van der Waals surface area contributed by atoms with Gasteiger partial charge >= 0.3 is 104 Å². The minimum absolute atomic E-state index is 0.430. The first-order valence-corrected chi connectivity index (χ1v) is 6.60. The molecule has 0 amide bonds. The molecule has 12 heavy (non-hydrogen) atoms. The van der Waals surface area contributed by atoms with E-state index in [-0.39, 0.29) is 0 Å². The third-order valence-corrected chi connectivity index (χ3v) is 3.05. The zero-order valence-corrected chi connectivity index (χ0v) is 11.4. The summed E-state index contributed by atoms with van der Waals surface area (Å²) in [6.07, 6.45) is 5.16. The van der Waals surface area contributed by atoms with Gasteiger partial charge in [0.15, 0.2) is 0 Å². The van der Waals surface area contributed by atoms with E-state index in [0.717, 1.165) is 37.9 Å². The molecule has 1 atom stereocenters. The molecule has 0 aliphatic carbocycles. The molecule has 0 bridgehead atoms. The standard InChI is InChI=1S/C8H15OS2.Na/c9-6-3-1-2-4-8(11)5-7-10;/h8,10-11H,1-5,7H2;. The number of unbranched alkanes of at least 4 members (excludes halogenated alkanes) is 1. The first-order valence-electron chi connectivity index (χ1n) is 4.45. The van der Waals surface area contributed by atoms with E-state index < -0.39 is 0 Å². The van der Waals surface area contributed by atoms with Crippen LogP contribution in [-0.4, -0.2) is 42.0 Å². The Bertz CT molecular complexity index is 130. The summed E-state index contributed by atoms with van der Waals surface area (Å²) >= 11 is 9.26. The number of hydrogen-bond acceptors (Lipinski definition) is 3. The maximum absolute atomic E-state index is 10.6. The van der Waals surface area contributed by atoms with Crippen molar-refractivity contribution < 1.29 is 4.79 Å². The molecule has 0 heterocycles. The molecule has 1 nitrogen and oxygen atoms in total. The van der Waals surface area contributed by atoms with Gasteiger partial charge in [0, 0.05) is 0 Å². The Labute approximate surface area is 103 Å². The molecule has 0 radical (unpaired) electrons. The molecule has 0 fully saturated rings. The van der Waals surface area contributed by atoms with Crippen LogP contribution in [0.5, 0.6) is 0 Å². The predicted octanol–water partition coefficient (Wildman–Crippen LogP) is 1.86. The first-order chi connectivity index (χ1) is 5.66. The molecule has 0 N–H and O–H groups in total. The molecular weight excluding hydrogens is 199 g/mol. The summed E-state index contributed by atoms with van der Waals surface area (Å²) in [7, 11) is 0. The van der Waals surface area contributed by atoms with Crippen LogP contribution in [0.3, 0.4) is 0 Å². The van der Waals surface area contributed by atoms with E-state index in [1.54, 1.807) is 0 Å². The minimum atomic E-state index is 0.430. The van der Waals surface area contributed by atoms with E-state index in [1.165, 1.54) is 0 Å². The van der Waals surface area contributed by atoms with Gasteiger partial charge in [0.25, 0.3) is 0 Å². The molecule has 0 aromatic rings. The number of thiol groups is 2. The molecule has 0 aliphatic rings. The van der Waals surface area contributed by atoms with Crippen LogP contribution in [0.4, 0.5) is 0 Å². The molecular formula is C8H15NaOS2. The molecule has 4 heteroatoms. The van der Waals surface area contributed by atoms with Crippen molar-refractivity contribution in [2.45, 2.75) is 37.4 Å². The van der Waals surface area contributed by atoms with E-state index in [1.807, 2.05) is 0 Å². The van der Waals surface area contributed by atoms with Gasteiger partial charge in [0.2, 0.25) is 0 Å². The summed E-state index contributed by atoms with van der Waals surface area (Å²) in [5.74, 6) is 0.911. The SMILES string of the molecule is O=[C]([Na])CCCCC(S)CCS. The first kappa shape index (κ1) is 13.4. The van der Waals surface area contributed by atoms with E-state index in [0.29, 0.717) is 36.2 Å². The quantitative estimate of drug-likeness (QED) is 0.376. The van der Waals surface area contributed by atoms with Gasteiger partial charge in [-0.05, 0) is 0 Å². The molecule has 0 aromatic carbocycles. The van der Waals surface area contributed by atoms with Crippen LogP contribution in [-0.2, 0) is 4.79 Å². The Morgan fingerprint density at radius 1 is 1.33 bits per heavy atom. The molecule has 1 unspecified atom stereocenters. The summed E-state index contributed by atoms with van der Waals surface area (Å²) in [5.41, 5.74) is 0. The van der Waals surface area contributed by atoms with Crippen molar-refractivity contribution in [1.29, 1.82) is 0 Å². The van der Waals surface area contributed by atoms with Gasteiger partial charge in [0.1, 0.15) is 0 Å². The van der Waals surface area contributed by atoms with E-state index in [4.69, 9.17) is 0 Å². The normalized spacial score (nSPS) is 13.0. The Balaban J connectivity index is 3.13. The van der Waals surface area contributed by atoms with Crippen LogP contribution in [0, 0.1) is 0 Å². The van der Waals surface area contributed by atoms with Crippen molar-refractivity contribution in [3.8, 4) is 0 Å². The Hall–Kier alpha value is 1.37. The van der Waals surface area contributed by atoms with Gasteiger partial charge in [-0.1, -0.05) is 0 Å². The van der Waals surface area contributed by atoms with Crippen LogP contribution in [0.15, 0.2) is 0 Å². The van der Waals surface area contributed by atoms with Gasteiger partial charge in [-0.3, -0.25) is 0 Å². The summed E-state index contributed by atoms with van der Waals surface area (Å²) in [5, 5.41) is 0.478. The van der Waals surface area contributed by atoms with Crippen molar-refractivity contribution in [1.82, 2.24) is 0 Å². The third-order valence-electron chi connectivity index (χ3n) is 1.78. The fourth-order valence-corrected chi connectivity index (χ4v) is 2.23. The van der Waals surface area contributed by atoms with Gasteiger partial charge in [-0.15, -0.1) is 0 Å². The summed E-state index contributed by atoms with van der Waals surface area (Å²) in [4.78, 5) is 10.6. The second-order valence-corrected chi connectivity index (χ2v) is 5.41. The van der Waals surface area contributed by atoms with Crippen LogP contribution in [0.1, 0.15) is 32.1 Å². The average molecular weight is 214 g/mol. The van der Waals surface area contributed by atoms with E-state index in [9.17, 15) is 4.79 Å². The fourth-order valence-electron chi connectivity index (χ4n) is 1.05. The molecule has 66 valence electrons. The van der Waals surface area contributed by atoms with Crippen molar-refractivity contribution in [3.05, 3.63) is 0 Å². The van der Waals surface area contributed by atoms with Crippen LogP contribution in [0.25, 0.3) is 0 Å². The summed E-state index contributed by atoms with van der Waals surface area (Å²) < 4.78 is 0.430. The predicted molar refractivity (Wildman–Crippen MR) is 60.5 cm³/mol. The molecule has 0 aliphatic heterocycles. The number of carbonyl (C=O) groups is 1. The average Bonchev–Trinajstić information content (AvgIpc) is 1.98. The fraction of sp³-hybridized carbons (Fsp3) is 0.875. The van der Waals surface area contributed by atoms with Gasteiger partial charge in [0.05, 0.1) is 0 Å². The monoisotopic (exact) mass is 214 g/mol. The van der Waals surface area contributed by atoms with Crippen molar-refractivity contribution in [2.75, 3.05) is 5.75 Å². The van der Waals surface area contributed by atoms with E-state index in [2.05, 4.69) is 25.3 Å². The Morgan fingerprint density at radius 2 is 2.00 bits per heavy atom. The summed E-state index contributed by atoms with van der Waals surface area (Å²) in [6.45, 7) is 0. The summed E-state index contributed by atoms with van der Waals surface area (Å²) in [6, 6.07) is 0. The maximum atomic E-state index is 10.6. The van der Waals surface area contributed by atoms with Gasteiger partial charge in [-0.25, -0.2) is 0 Å². The third kappa shape index (κ3) is 9.46. The van der Waals surface area contributed by atoms with Crippen LogP contribution >= 0.6 is 25.3 Å². The van der Waals surface area contributed by atoms with Gasteiger partial charge < -0.3 is 0 Å². The Kier molecular flexibility index (Phi) is 9.97. The zero-order valence-electron chi connectivity index (χ0n) is 7.62. The Morgan fingerprint density at radius 3 is 2.50 bits per heavy atom. The number of rotatable bonds is 7. The molecule has 0 saturated heterocycles. The molecule has 0 saturated carbocycles. The van der Waals surface area contributed by atoms with Crippen molar-refractivity contribution in [2.24, 2.45) is 0 Å². The molecule has 0 spiro atoms. The number of carbonyl (C=O) groups excluding carboxylic acids is 1. The molecule has 0 rings (SSSR count). The second-order valence-electron chi connectivity index (χ2n) is 3.11. The van der Waals surface area contributed by atoms with Crippen molar-refractivity contribution >= 4 is 56.2 Å².